The summed E-state index contributed by atoms with van der Waals surface area (Å²) in [6.45, 7) is 0. The molecule has 0 saturated carbocycles. The number of anilines is 1. The molecule has 0 fully saturated rings. The van der Waals surface area contributed by atoms with Crippen molar-refractivity contribution in [3.05, 3.63) is 51.8 Å². The summed E-state index contributed by atoms with van der Waals surface area (Å²) < 4.78 is 56.3. The van der Waals surface area contributed by atoms with Crippen LogP contribution in [0, 0.1) is 5.82 Å². The Morgan fingerprint density at radius 2 is 1.71 bits per heavy atom. The van der Waals surface area contributed by atoms with E-state index in [1.54, 1.807) is 0 Å². The van der Waals surface area contributed by atoms with E-state index in [4.69, 9.17) is 33.7 Å². The zero-order chi connectivity index (χ0) is 15.8. The molecule has 8 heteroatoms. The summed E-state index contributed by atoms with van der Waals surface area (Å²) in [5.41, 5.74) is 4.05. The molecule has 0 saturated heterocycles. The highest BCUT2D eigenvalue weighted by atomic mass is 35.5. The molecule has 0 unspecified atom stereocenters. The fourth-order valence-corrected chi connectivity index (χ4v) is 2.07. The molecule has 2 N–H and O–H groups in total. The molecule has 2 aromatic carbocycles. The summed E-state index contributed by atoms with van der Waals surface area (Å²) in [5, 5.41) is -0.607. The molecule has 2 rings (SSSR count). The van der Waals surface area contributed by atoms with Crippen LogP contribution in [0.5, 0.6) is 11.5 Å². The number of rotatable bonds is 2. The van der Waals surface area contributed by atoms with E-state index in [2.05, 4.69) is 0 Å². The van der Waals surface area contributed by atoms with Gasteiger partial charge in [0.2, 0.25) is 0 Å². The van der Waals surface area contributed by atoms with Crippen LogP contribution in [0.2, 0.25) is 10.0 Å². The molecule has 0 atom stereocenters. The van der Waals surface area contributed by atoms with Crippen molar-refractivity contribution >= 4 is 28.9 Å². The van der Waals surface area contributed by atoms with Crippen LogP contribution in [0.3, 0.4) is 0 Å². The third-order valence-corrected chi connectivity index (χ3v) is 3.13. The van der Waals surface area contributed by atoms with Crippen LogP contribution in [-0.4, -0.2) is 0 Å². The zero-order valence-corrected chi connectivity index (χ0v) is 11.7. The van der Waals surface area contributed by atoms with E-state index in [9.17, 15) is 17.6 Å². The van der Waals surface area contributed by atoms with E-state index < -0.39 is 28.3 Å². The lowest BCUT2D eigenvalue weighted by atomic mass is 10.2. The Morgan fingerprint density at radius 3 is 2.29 bits per heavy atom. The minimum absolute atomic E-state index is 0.0116. The maximum Gasteiger partial charge on any atom is 0.417 e. The summed E-state index contributed by atoms with van der Waals surface area (Å²) in [6.07, 6.45) is -4.63. The van der Waals surface area contributed by atoms with Crippen LogP contribution in [0.15, 0.2) is 30.3 Å². The molecule has 2 aromatic rings. The van der Waals surface area contributed by atoms with Crippen molar-refractivity contribution in [2.75, 3.05) is 5.73 Å². The molecule has 0 radical (unpaired) electrons. The van der Waals surface area contributed by atoms with Crippen LogP contribution >= 0.6 is 23.2 Å². The molecule has 0 spiro atoms. The van der Waals surface area contributed by atoms with Crippen molar-refractivity contribution in [1.82, 2.24) is 0 Å². The number of hydrogen-bond acceptors (Lipinski definition) is 2. The second kappa shape index (κ2) is 5.61. The van der Waals surface area contributed by atoms with Gasteiger partial charge >= 0.3 is 6.18 Å². The molecule has 0 heterocycles. The largest absolute Gasteiger partial charge is 0.455 e. The number of halogens is 6. The Hall–Kier alpha value is -1.66. The SMILES string of the molecule is Nc1c(Oc2cc(F)cc(Cl)c2)ccc(C(F)(F)F)c1Cl. The van der Waals surface area contributed by atoms with Gasteiger partial charge < -0.3 is 10.5 Å². The third kappa shape index (κ3) is 3.51. The number of nitrogen functional groups attached to an aromatic ring is 1. The fourth-order valence-electron chi connectivity index (χ4n) is 1.60. The quantitative estimate of drug-likeness (QED) is 0.577. The van der Waals surface area contributed by atoms with Crippen molar-refractivity contribution in [1.29, 1.82) is 0 Å². The Balaban J connectivity index is 2.40. The van der Waals surface area contributed by atoms with Gasteiger partial charge in [0.15, 0.2) is 5.75 Å². The first kappa shape index (κ1) is 15.7. The highest BCUT2D eigenvalue weighted by Crippen LogP contribution is 2.42. The van der Waals surface area contributed by atoms with Gasteiger partial charge in [-0.05, 0) is 24.3 Å². The number of ether oxygens (including phenoxy) is 1. The van der Waals surface area contributed by atoms with Gasteiger partial charge in [-0.1, -0.05) is 23.2 Å². The predicted octanol–water partition coefficient (Wildman–Crippen LogP) is 5.53. The Morgan fingerprint density at radius 1 is 1.05 bits per heavy atom. The summed E-state index contributed by atoms with van der Waals surface area (Å²) >= 11 is 11.2. The van der Waals surface area contributed by atoms with E-state index in [0.717, 1.165) is 24.3 Å². The first-order valence-electron chi connectivity index (χ1n) is 5.47. The monoisotopic (exact) mass is 339 g/mol. The first-order valence-corrected chi connectivity index (χ1v) is 6.23. The van der Waals surface area contributed by atoms with E-state index in [-0.39, 0.29) is 16.5 Å². The van der Waals surface area contributed by atoms with Crippen LogP contribution in [-0.2, 0) is 6.18 Å². The van der Waals surface area contributed by atoms with Gasteiger partial charge in [0.25, 0.3) is 0 Å². The van der Waals surface area contributed by atoms with Gasteiger partial charge in [-0.3, -0.25) is 0 Å². The lowest BCUT2D eigenvalue weighted by molar-refractivity contribution is -0.137. The molecule has 0 aliphatic heterocycles. The molecule has 2 nitrogen and oxygen atoms in total. The summed E-state index contributed by atoms with van der Waals surface area (Å²) in [7, 11) is 0. The number of benzene rings is 2. The highest BCUT2D eigenvalue weighted by Gasteiger charge is 2.34. The standard InChI is InChI=1S/C13H7Cl2F4NO/c14-6-3-7(16)5-8(4-6)21-10-2-1-9(13(17,18)19)11(15)12(10)20/h1-5H,20H2. The molecule has 0 aliphatic carbocycles. The Bertz CT molecular complexity index is 668. The molecule has 0 amide bonds. The third-order valence-electron chi connectivity index (χ3n) is 2.51. The minimum Gasteiger partial charge on any atom is -0.455 e. The van der Waals surface area contributed by atoms with E-state index >= 15 is 0 Å². The zero-order valence-electron chi connectivity index (χ0n) is 10.1. The van der Waals surface area contributed by atoms with E-state index in [0.29, 0.717) is 0 Å². The van der Waals surface area contributed by atoms with Crippen LogP contribution in [0.25, 0.3) is 0 Å². The molecule has 0 aliphatic rings. The smallest absolute Gasteiger partial charge is 0.417 e. The first-order chi connectivity index (χ1) is 9.68. The van der Waals surface area contributed by atoms with Crippen LogP contribution in [0.4, 0.5) is 23.2 Å². The van der Waals surface area contributed by atoms with Gasteiger partial charge in [-0.25, -0.2) is 4.39 Å². The second-order valence-corrected chi connectivity index (χ2v) is 4.86. The lowest BCUT2D eigenvalue weighted by Gasteiger charge is -2.14. The van der Waals surface area contributed by atoms with Crippen LogP contribution in [0.1, 0.15) is 5.56 Å². The number of nitrogens with two attached hydrogens (primary N) is 1. The van der Waals surface area contributed by atoms with Gasteiger partial charge in [0, 0.05) is 11.1 Å². The fraction of sp³-hybridized carbons (Fsp3) is 0.0769. The maximum absolute atomic E-state index is 13.2. The molecule has 0 bridgehead atoms. The predicted molar refractivity (Wildman–Crippen MR) is 72.4 cm³/mol. The Labute approximate surface area is 127 Å². The van der Waals surface area contributed by atoms with Gasteiger partial charge in [0.05, 0.1) is 16.3 Å². The summed E-state index contributed by atoms with van der Waals surface area (Å²) in [5.74, 6) is -0.800. The molecular weight excluding hydrogens is 333 g/mol. The van der Waals surface area contributed by atoms with Crippen molar-refractivity contribution in [2.24, 2.45) is 0 Å². The molecule has 0 aromatic heterocycles. The van der Waals surface area contributed by atoms with Crippen molar-refractivity contribution < 1.29 is 22.3 Å². The second-order valence-electron chi connectivity index (χ2n) is 4.04. The van der Waals surface area contributed by atoms with Crippen molar-refractivity contribution in [3.63, 3.8) is 0 Å². The average Bonchev–Trinajstić information content (AvgIpc) is 2.32. The molecule has 21 heavy (non-hydrogen) atoms. The number of alkyl halides is 3. The van der Waals surface area contributed by atoms with Gasteiger partial charge in [-0.2, -0.15) is 13.2 Å². The Kier molecular flexibility index (Phi) is 4.20. The van der Waals surface area contributed by atoms with Gasteiger partial charge in [0.1, 0.15) is 11.6 Å². The average molecular weight is 340 g/mol. The van der Waals surface area contributed by atoms with E-state index in [1.807, 2.05) is 0 Å². The van der Waals surface area contributed by atoms with Crippen molar-refractivity contribution in [2.45, 2.75) is 6.18 Å². The van der Waals surface area contributed by atoms with Crippen molar-refractivity contribution in [3.8, 4) is 11.5 Å². The van der Waals surface area contributed by atoms with Crippen LogP contribution < -0.4 is 10.5 Å². The van der Waals surface area contributed by atoms with E-state index in [1.165, 1.54) is 6.07 Å². The summed E-state index contributed by atoms with van der Waals surface area (Å²) in [4.78, 5) is 0. The minimum atomic E-state index is -4.63. The molecule has 112 valence electrons. The van der Waals surface area contributed by atoms with Gasteiger partial charge in [-0.15, -0.1) is 0 Å². The maximum atomic E-state index is 13.2. The number of hydrogen-bond donors (Lipinski definition) is 1. The topological polar surface area (TPSA) is 35.2 Å². The summed E-state index contributed by atoms with van der Waals surface area (Å²) in [6, 6.07) is 5.09. The molecular formula is C13H7Cl2F4NO. The highest BCUT2D eigenvalue weighted by molar-refractivity contribution is 6.34. The normalized spacial score (nSPS) is 11.5. The lowest BCUT2D eigenvalue weighted by Crippen LogP contribution is -2.07.